The van der Waals surface area contributed by atoms with Gasteiger partial charge in [0.25, 0.3) is 5.91 Å². The number of hydrogen-bond donors (Lipinski definition) is 2. The van der Waals surface area contributed by atoms with E-state index in [-0.39, 0.29) is 23.8 Å². The Morgan fingerprint density at radius 3 is 2.26 bits per heavy atom. The maximum atomic E-state index is 13.8. The molecule has 1 fully saturated rings. The minimum Gasteiger partial charge on any atom is -0.496 e. The van der Waals surface area contributed by atoms with E-state index in [0.29, 0.717) is 50.1 Å². The molecule has 0 saturated carbocycles. The number of rotatable bonds is 6. The third-order valence-electron chi connectivity index (χ3n) is 8.08. The van der Waals surface area contributed by atoms with Crippen molar-refractivity contribution in [3.63, 3.8) is 0 Å². The summed E-state index contributed by atoms with van der Waals surface area (Å²) in [6.07, 6.45) is 2.37. The molecule has 196 valence electrons. The number of benzene rings is 3. The average molecular weight is 512 g/mol. The average Bonchev–Trinajstić information content (AvgIpc) is 2.97. The maximum absolute atomic E-state index is 13.8. The highest BCUT2D eigenvalue weighted by molar-refractivity contribution is 5.97. The van der Waals surface area contributed by atoms with Crippen LogP contribution in [0.4, 0.5) is 0 Å². The second kappa shape index (κ2) is 10.7. The van der Waals surface area contributed by atoms with Crippen LogP contribution in [0.1, 0.15) is 58.6 Å². The number of para-hydroxylation sites is 1. The molecular formula is C31H33N3O4. The summed E-state index contributed by atoms with van der Waals surface area (Å²) < 4.78 is 5.31. The molecule has 5 rings (SSSR count). The largest absolute Gasteiger partial charge is 0.496 e. The van der Waals surface area contributed by atoms with E-state index in [1.54, 1.807) is 19.2 Å². The van der Waals surface area contributed by atoms with E-state index in [1.807, 2.05) is 71.6 Å². The number of primary amides is 1. The lowest BCUT2D eigenvalue weighted by Crippen LogP contribution is -2.50. The highest BCUT2D eigenvalue weighted by Crippen LogP contribution is 2.47. The van der Waals surface area contributed by atoms with Gasteiger partial charge in [-0.3, -0.25) is 14.4 Å². The van der Waals surface area contributed by atoms with Crippen LogP contribution in [0.5, 0.6) is 5.75 Å². The molecule has 1 heterocycles. The number of likely N-dealkylation sites (tertiary alicyclic amines) is 1. The van der Waals surface area contributed by atoms with Crippen LogP contribution in [0.15, 0.2) is 78.9 Å². The van der Waals surface area contributed by atoms with Crippen molar-refractivity contribution < 1.29 is 19.1 Å². The number of ether oxygens (including phenoxy) is 1. The van der Waals surface area contributed by atoms with Crippen LogP contribution in [0.3, 0.4) is 0 Å². The summed E-state index contributed by atoms with van der Waals surface area (Å²) in [5.41, 5.74) is 8.15. The Bertz CT molecular complexity index is 1330. The summed E-state index contributed by atoms with van der Waals surface area (Å²) >= 11 is 0. The number of piperidine rings is 1. The third-order valence-corrected chi connectivity index (χ3v) is 8.08. The molecule has 1 aliphatic heterocycles. The molecule has 1 aliphatic carbocycles. The zero-order chi connectivity index (χ0) is 26.7. The van der Waals surface area contributed by atoms with E-state index in [2.05, 4.69) is 5.32 Å². The number of carbonyl (C=O) groups excluding carboxylic acids is 3. The Morgan fingerprint density at radius 1 is 0.895 bits per heavy atom. The van der Waals surface area contributed by atoms with E-state index < -0.39 is 11.3 Å². The molecule has 0 bridgehead atoms. The zero-order valence-electron chi connectivity index (χ0n) is 21.6. The lowest BCUT2D eigenvalue weighted by atomic mass is 9.62. The topological polar surface area (TPSA) is 102 Å². The van der Waals surface area contributed by atoms with Gasteiger partial charge in [-0.05, 0) is 54.5 Å². The van der Waals surface area contributed by atoms with Crippen LogP contribution in [0.2, 0.25) is 0 Å². The number of methoxy groups -OCH3 is 1. The van der Waals surface area contributed by atoms with Gasteiger partial charge < -0.3 is 20.7 Å². The molecule has 2 aliphatic rings. The molecule has 3 aromatic rings. The predicted molar refractivity (Wildman–Crippen MR) is 145 cm³/mol. The first kappa shape index (κ1) is 25.5. The van der Waals surface area contributed by atoms with E-state index >= 15 is 0 Å². The van der Waals surface area contributed by atoms with Crippen molar-refractivity contribution in [1.82, 2.24) is 10.2 Å². The van der Waals surface area contributed by atoms with Crippen LogP contribution in [0, 0.1) is 0 Å². The molecule has 3 amide bonds. The minimum atomic E-state index is -0.954. The quantitative estimate of drug-likeness (QED) is 0.526. The Kier molecular flexibility index (Phi) is 7.18. The smallest absolute Gasteiger partial charge is 0.255 e. The lowest BCUT2D eigenvalue weighted by molar-refractivity contribution is -0.135. The number of amides is 3. The summed E-state index contributed by atoms with van der Waals surface area (Å²) in [7, 11) is 1.55. The standard InChI is InChI=1S/C31H33N3O4/c1-38-27-14-8-6-12-25(27)28(35)33-22-16-19-34(20-17-22)29(36)24-15-18-31(30(32)37,21-9-3-2-4-10-21)26-13-7-5-11-23(24)26/h2-14,22,24H,15-20H2,1H3,(H2,32,37)(H,33,35)/t24-,31+/m1/s1. The van der Waals surface area contributed by atoms with Crippen LogP contribution in [-0.4, -0.2) is 48.9 Å². The van der Waals surface area contributed by atoms with Crippen molar-refractivity contribution in [2.75, 3.05) is 20.2 Å². The van der Waals surface area contributed by atoms with Crippen molar-refractivity contribution in [1.29, 1.82) is 0 Å². The number of hydrogen-bond acceptors (Lipinski definition) is 4. The number of nitrogens with one attached hydrogen (secondary N) is 1. The van der Waals surface area contributed by atoms with Gasteiger partial charge in [-0.1, -0.05) is 66.7 Å². The minimum absolute atomic E-state index is 0.0179. The normalized spacial score (nSPS) is 21.3. The van der Waals surface area contributed by atoms with Gasteiger partial charge in [-0.15, -0.1) is 0 Å². The van der Waals surface area contributed by atoms with E-state index in [0.717, 1.165) is 16.7 Å². The fourth-order valence-corrected chi connectivity index (χ4v) is 6.08. The first-order valence-electron chi connectivity index (χ1n) is 13.1. The number of carbonyl (C=O) groups is 3. The van der Waals surface area contributed by atoms with Gasteiger partial charge in [0.05, 0.1) is 24.0 Å². The van der Waals surface area contributed by atoms with Gasteiger partial charge in [0.1, 0.15) is 5.75 Å². The second-order valence-corrected chi connectivity index (χ2v) is 10.1. The van der Waals surface area contributed by atoms with Crippen molar-refractivity contribution in [3.8, 4) is 5.75 Å². The molecule has 38 heavy (non-hydrogen) atoms. The van der Waals surface area contributed by atoms with Gasteiger partial charge >= 0.3 is 0 Å². The molecule has 3 aromatic carbocycles. The van der Waals surface area contributed by atoms with E-state index in [1.165, 1.54) is 0 Å². The van der Waals surface area contributed by atoms with Crippen molar-refractivity contribution >= 4 is 17.7 Å². The summed E-state index contributed by atoms with van der Waals surface area (Å²) in [6.45, 7) is 1.13. The van der Waals surface area contributed by atoms with Crippen molar-refractivity contribution in [2.24, 2.45) is 5.73 Å². The number of nitrogens with two attached hydrogens (primary N) is 1. The number of fused-ring (bicyclic) bond motifs is 1. The highest BCUT2D eigenvalue weighted by Gasteiger charge is 2.47. The molecule has 0 aromatic heterocycles. The molecule has 7 heteroatoms. The van der Waals surface area contributed by atoms with Gasteiger partial charge in [0.15, 0.2) is 0 Å². The maximum Gasteiger partial charge on any atom is 0.255 e. The SMILES string of the molecule is COc1ccccc1C(=O)NC1CCN(C(=O)[C@@H]2CC[C@](C(N)=O)(c3ccccc3)c3ccccc32)CC1. The Labute approximate surface area is 223 Å². The zero-order valence-corrected chi connectivity index (χ0v) is 21.6. The van der Waals surface area contributed by atoms with Gasteiger partial charge in [0, 0.05) is 19.1 Å². The van der Waals surface area contributed by atoms with Gasteiger partial charge in [0.2, 0.25) is 11.8 Å². The Balaban J connectivity index is 1.30. The van der Waals surface area contributed by atoms with Gasteiger partial charge in [-0.25, -0.2) is 0 Å². The Hall–Kier alpha value is -4.13. The fourth-order valence-electron chi connectivity index (χ4n) is 6.08. The van der Waals surface area contributed by atoms with Gasteiger partial charge in [-0.2, -0.15) is 0 Å². The summed E-state index contributed by atoms with van der Waals surface area (Å²) in [4.78, 5) is 41.5. The Morgan fingerprint density at radius 2 is 1.55 bits per heavy atom. The molecule has 1 saturated heterocycles. The molecule has 3 N–H and O–H groups in total. The summed E-state index contributed by atoms with van der Waals surface area (Å²) in [5, 5.41) is 3.10. The second-order valence-electron chi connectivity index (χ2n) is 10.1. The number of nitrogens with zero attached hydrogens (tertiary/aromatic N) is 1. The van der Waals surface area contributed by atoms with Crippen LogP contribution >= 0.6 is 0 Å². The third kappa shape index (κ3) is 4.53. The lowest BCUT2D eigenvalue weighted by Gasteiger charge is -2.42. The van der Waals surface area contributed by atoms with E-state index in [4.69, 9.17) is 10.5 Å². The molecule has 7 nitrogen and oxygen atoms in total. The molecular weight excluding hydrogens is 478 g/mol. The first-order valence-corrected chi connectivity index (χ1v) is 13.1. The van der Waals surface area contributed by atoms with Crippen molar-refractivity contribution in [2.45, 2.75) is 43.1 Å². The van der Waals surface area contributed by atoms with Crippen LogP contribution < -0.4 is 15.8 Å². The molecule has 0 spiro atoms. The van der Waals surface area contributed by atoms with Crippen LogP contribution in [0.25, 0.3) is 0 Å². The van der Waals surface area contributed by atoms with E-state index in [9.17, 15) is 14.4 Å². The molecule has 0 unspecified atom stereocenters. The van der Waals surface area contributed by atoms with Crippen LogP contribution in [-0.2, 0) is 15.0 Å². The summed E-state index contributed by atoms with van der Waals surface area (Å²) in [5.74, 6) is -0.290. The molecule has 0 radical (unpaired) electrons. The highest BCUT2D eigenvalue weighted by atomic mass is 16.5. The fraction of sp³-hybridized carbons (Fsp3) is 0.323. The first-order chi connectivity index (χ1) is 18.5. The monoisotopic (exact) mass is 511 g/mol. The predicted octanol–water partition coefficient (Wildman–Crippen LogP) is 3.77. The van der Waals surface area contributed by atoms with Crippen molar-refractivity contribution in [3.05, 3.63) is 101 Å². The molecule has 2 atom stereocenters. The summed E-state index contributed by atoms with van der Waals surface area (Å²) in [6, 6.07) is 24.5.